The molecule has 3 aromatic rings. The van der Waals surface area contributed by atoms with Gasteiger partial charge < -0.3 is 9.80 Å². The Labute approximate surface area is 188 Å². The maximum atomic E-state index is 12.5. The third-order valence-corrected chi connectivity index (χ3v) is 6.60. The van der Waals surface area contributed by atoms with Gasteiger partial charge in [0.2, 0.25) is 0 Å². The van der Waals surface area contributed by atoms with Crippen molar-refractivity contribution in [2.24, 2.45) is 0 Å². The van der Waals surface area contributed by atoms with Crippen molar-refractivity contribution in [1.29, 1.82) is 0 Å². The molecule has 1 aliphatic heterocycles. The van der Waals surface area contributed by atoms with Gasteiger partial charge in [0.15, 0.2) is 17.5 Å². The summed E-state index contributed by atoms with van der Waals surface area (Å²) in [6, 6.07) is 8.13. The van der Waals surface area contributed by atoms with Crippen molar-refractivity contribution < 1.29 is 4.79 Å². The normalized spacial score (nSPS) is 17.9. The maximum Gasteiger partial charge on any atom is 0.253 e. The molecule has 2 aromatic heterocycles. The Morgan fingerprint density at radius 3 is 2.69 bits per heavy atom. The molecule has 0 N–H and O–H groups in total. The molecule has 1 aromatic carbocycles. The van der Waals surface area contributed by atoms with E-state index in [1.165, 1.54) is 12.8 Å². The number of hydrogen-bond acceptors (Lipinski definition) is 6. The fraction of sp³-hybridized carbons (Fsp3) is 0.458. The topological polar surface area (TPSA) is 80.0 Å². The van der Waals surface area contributed by atoms with Gasteiger partial charge in [-0.2, -0.15) is 0 Å². The van der Waals surface area contributed by atoms with Crippen molar-refractivity contribution in [3.63, 3.8) is 0 Å². The van der Waals surface area contributed by atoms with E-state index >= 15 is 0 Å². The molecular formula is C24H29N7O. The van der Waals surface area contributed by atoms with Gasteiger partial charge in [-0.1, -0.05) is 31.9 Å². The number of anilines is 1. The summed E-state index contributed by atoms with van der Waals surface area (Å²) in [5, 5.41) is 8.90. The van der Waals surface area contributed by atoms with Crippen molar-refractivity contribution >= 4 is 11.7 Å². The second-order valence-corrected chi connectivity index (χ2v) is 8.89. The van der Waals surface area contributed by atoms with Crippen molar-refractivity contribution in [3.8, 4) is 17.1 Å². The lowest BCUT2D eigenvalue weighted by Crippen LogP contribution is -2.42. The molecule has 8 nitrogen and oxygen atoms in total. The van der Waals surface area contributed by atoms with Gasteiger partial charge in [-0.25, -0.2) is 9.97 Å². The average Bonchev–Trinajstić information content (AvgIpc) is 3.47. The van der Waals surface area contributed by atoms with Crippen LogP contribution in [0.1, 0.15) is 67.1 Å². The fourth-order valence-corrected chi connectivity index (χ4v) is 5.06. The lowest BCUT2D eigenvalue weighted by molar-refractivity contribution is 0.0827. The van der Waals surface area contributed by atoms with Gasteiger partial charge in [-0.3, -0.25) is 9.36 Å². The summed E-state index contributed by atoms with van der Waals surface area (Å²) >= 11 is 0. The number of carbonyl (C=O) groups excluding carboxylic acids is 1. The van der Waals surface area contributed by atoms with Crippen LogP contribution in [0.4, 0.5) is 5.82 Å². The molecule has 0 bridgehead atoms. The van der Waals surface area contributed by atoms with Crippen LogP contribution >= 0.6 is 0 Å². The minimum absolute atomic E-state index is 0.0341. The molecule has 1 amide bonds. The summed E-state index contributed by atoms with van der Waals surface area (Å²) in [7, 11) is 3.52. The Kier molecular flexibility index (Phi) is 5.15. The fourth-order valence-electron chi connectivity index (χ4n) is 5.06. The van der Waals surface area contributed by atoms with Crippen LogP contribution in [-0.4, -0.2) is 55.7 Å². The van der Waals surface area contributed by atoms with Gasteiger partial charge in [-0.05, 0) is 38.3 Å². The first kappa shape index (κ1) is 20.6. The van der Waals surface area contributed by atoms with Gasteiger partial charge in [-0.15, -0.1) is 10.2 Å². The molecular weight excluding hydrogens is 402 g/mol. The predicted molar refractivity (Wildman–Crippen MR) is 123 cm³/mol. The van der Waals surface area contributed by atoms with Crippen LogP contribution in [0.15, 0.2) is 30.5 Å². The van der Waals surface area contributed by atoms with E-state index in [4.69, 9.17) is 9.97 Å². The molecule has 166 valence electrons. The van der Waals surface area contributed by atoms with E-state index in [-0.39, 0.29) is 11.9 Å². The summed E-state index contributed by atoms with van der Waals surface area (Å²) in [6.45, 7) is 4.17. The van der Waals surface area contributed by atoms with Gasteiger partial charge >= 0.3 is 0 Å². The predicted octanol–water partition coefficient (Wildman–Crippen LogP) is 3.95. The zero-order valence-corrected chi connectivity index (χ0v) is 19.1. The van der Waals surface area contributed by atoms with Crippen LogP contribution in [0.3, 0.4) is 0 Å². The molecule has 1 atom stereocenters. The van der Waals surface area contributed by atoms with E-state index in [9.17, 15) is 4.79 Å². The Hall–Kier alpha value is -3.29. The Morgan fingerprint density at radius 1 is 1.19 bits per heavy atom. The summed E-state index contributed by atoms with van der Waals surface area (Å²) < 4.78 is 2.10. The van der Waals surface area contributed by atoms with Gasteiger partial charge in [0.05, 0.1) is 12.2 Å². The third kappa shape index (κ3) is 3.25. The molecule has 2 aliphatic rings. The van der Waals surface area contributed by atoms with E-state index in [0.29, 0.717) is 17.4 Å². The summed E-state index contributed by atoms with van der Waals surface area (Å²) in [6.07, 6.45) is 7.62. The van der Waals surface area contributed by atoms with Gasteiger partial charge in [0.1, 0.15) is 11.5 Å². The molecule has 5 rings (SSSR count). The first-order valence-corrected chi connectivity index (χ1v) is 11.4. The first-order valence-electron chi connectivity index (χ1n) is 11.4. The lowest BCUT2D eigenvalue weighted by Gasteiger charge is -2.41. The van der Waals surface area contributed by atoms with Crippen LogP contribution in [-0.2, 0) is 0 Å². The second kappa shape index (κ2) is 8.00. The van der Waals surface area contributed by atoms with Gasteiger partial charge in [0.25, 0.3) is 5.91 Å². The first-order chi connectivity index (χ1) is 15.5. The summed E-state index contributed by atoms with van der Waals surface area (Å²) in [5.41, 5.74) is 2.40. The zero-order valence-electron chi connectivity index (χ0n) is 19.1. The van der Waals surface area contributed by atoms with Crippen molar-refractivity contribution in [2.75, 3.05) is 19.0 Å². The SMILES string of the molecule is CCC1c2nnc(C)n2-c2cnc(-c3cccc(C(=O)N(C)C)c3)nc2N1C1CCCC1. The molecule has 0 saturated heterocycles. The van der Waals surface area contributed by atoms with E-state index in [1.807, 2.05) is 37.4 Å². The minimum Gasteiger partial charge on any atom is -0.345 e. The van der Waals surface area contributed by atoms with Gasteiger partial charge in [0, 0.05) is 31.3 Å². The Balaban J connectivity index is 1.65. The van der Waals surface area contributed by atoms with E-state index in [1.54, 1.807) is 19.0 Å². The molecule has 1 aliphatic carbocycles. The second-order valence-electron chi connectivity index (χ2n) is 8.89. The van der Waals surface area contributed by atoms with Crippen molar-refractivity contribution in [1.82, 2.24) is 29.6 Å². The summed E-state index contributed by atoms with van der Waals surface area (Å²) in [5.74, 6) is 3.35. The third-order valence-electron chi connectivity index (χ3n) is 6.60. The molecule has 3 heterocycles. The largest absolute Gasteiger partial charge is 0.345 e. The van der Waals surface area contributed by atoms with Crippen molar-refractivity contribution in [3.05, 3.63) is 47.7 Å². The number of amides is 1. The quantitative estimate of drug-likeness (QED) is 0.622. The highest BCUT2D eigenvalue weighted by Crippen LogP contribution is 2.43. The van der Waals surface area contributed by atoms with Crippen LogP contribution in [0, 0.1) is 6.92 Å². The number of benzene rings is 1. The minimum atomic E-state index is -0.0341. The highest BCUT2D eigenvalue weighted by atomic mass is 16.2. The number of aromatic nitrogens is 5. The summed E-state index contributed by atoms with van der Waals surface area (Å²) in [4.78, 5) is 26.3. The number of aryl methyl sites for hydroxylation is 1. The van der Waals surface area contributed by atoms with Crippen molar-refractivity contribution in [2.45, 2.75) is 58.0 Å². The lowest BCUT2D eigenvalue weighted by atomic mass is 10.0. The maximum absolute atomic E-state index is 12.5. The van der Waals surface area contributed by atoms with E-state index in [0.717, 1.165) is 48.0 Å². The van der Waals surface area contributed by atoms with Crippen LogP contribution in [0.5, 0.6) is 0 Å². The monoisotopic (exact) mass is 431 g/mol. The number of carbonyl (C=O) groups is 1. The molecule has 1 fully saturated rings. The Morgan fingerprint density at radius 2 is 1.97 bits per heavy atom. The standard InChI is InChI=1S/C24H29N7O/c1-5-19-23-28-27-15(2)30(23)20-14-25-21(26-22(20)31(19)18-11-6-7-12-18)16-9-8-10-17(13-16)24(32)29(3)4/h8-10,13-14,18-19H,5-7,11-12H2,1-4H3. The average molecular weight is 432 g/mol. The Bertz CT molecular complexity index is 1160. The van der Waals surface area contributed by atoms with Crippen LogP contribution in [0.25, 0.3) is 17.1 Å². The van der Waals surface area contributed by atoms with Crippen LogP contribution in [0.2, 0.25) is 0 Å². The molecule has 0 radical (unpaired) electrons. The molecule has 1 unspecified atom stereocenters. The molecule has 0 spiro atoms. The number of nitrogens with zero attached hydrogens (tertiary/aromatic N) is 7. The number of rotatable bonds is 4. The molecule has 32 heavy (non-hydrogen) atoms. The highest BCUT2D eigenvalue weighted by molar-refractivity contribution is 5.95. The molecule has 1 saturated carbocycles. The number of fused-ring (bicyclic) bond motifs is 3. The zero-order chi connectivity index (χ0) is 22.4. The number of hydrogen-bond donors (Lipinski definition) is 0. The van der Waals surface area contributed by atoms with E-state index in [2.05, 4.69) is 26.6 Å². The molecule has 8 heteroatoms. The smallest absolute Gasteiger partial charge is 0.253 e. The highest BCUT2D eigenvalue weighted by Gasteiger charge is 2.39. The van der Waals surface area contributed by atoms with E-state index < -0.39 is 0 Å². The van der Waals surface area contributed by atoms with Crippen LogP contribution < -0.4 is 4.90 Å².